The molecule has 160 valence electrons. The van der Waals surface area contributed by atoms with E-state index >= 15 is 0 Å². The highest BCUT2D eigenvalue weighted by Gasteiger charge is 2.31. The van der Waals surface area contributed by atoms with E-state index in [1.54, 1.807) is 21.3 Å². The number of likely N-dealkylation sites (tertiary alicyclic amines) is 1. The fourth-order valence-electron chi connectivity index (χ4n) is 4.67. The van der Waals surface area contributed by atoms with E-state index in [4.69, 9.17) is 14.2 Å². The zero-order valence-corrected chi connectivity index (χ0v) is 18.0. The molecule has 2 aliphatic heterocycles. The van der Waals surface area contributed by atoms with Crippen LogP contribution in [0.4, 0.5) is 5.69 Å². The molecule has 2 heterocycles. The largest absolute Gasteiger partial charge is 0.497 e. The van der Waals surface area contributed by atoms with Gasteiger partial charge in [-0.1, -0.05) is 6.07 Å². The Morgan fingerprint density at radius 3 is 2.57 bits per heavy atom. The van der Waals surface area contributed by atoms with Crippen LogP contribution in [-0.2, 0) is 11.2 Å². The molecule has 0 aromatic heterocycles. The molecule has 0 radical (unpaired) electrons. The van der Waals surface area contributed by atoms with Gasteiger partial charge < -0.3 is 19.1 Å². The second kappa shape index (κ2) is 8.96. The topological polar surface area (TPSA) is 51.2 Å². The van der Waals surface area contributed by atoms with Crippen molar-refractivity contribution in [3.63, 3.8) is 0 Å². The third-order valence-electron chi connectivity index (χ3n) is 6.20. The predicted octanol–water partition coefficient (Wildman–Crippen LogP) is 3.83. The monoisotopic (exact) mass is 410 g/mol. The van der Waals surface area contributed by atoms with Gasteiger partial charge in [0, 0.05) is 18.3 Å². The molecule has 1 atom stereocenters. The summed E-state index contributed by atoms with van der Waals surface area (Å²) in [5.74, 6) is 2.46. The zero-order chi connectivity index (χ0) is 21.1. The van der Waals surface area contributed by atoms with Crippen LogP contribution in [0.2, 0.25) is 0 Å². The Morgan fingerprint density at radius 2 is 1.80 bits per heavy atom. The van der Waals surface area contributed by atoms with Gasteiger partial charge in [0.2, 0.25) is 5.91 Å². The number of anilines is 1. The van der Waals surface area contributed by atoms with Gasteiger partial charge in [-0.05, 0) is 73.7 Å². The number of amides is 1. The molecule has 0 aliphatic carbocycles. The van der Waals surface area contributed by atoms with Gasteiger partial charge in [-0.25, -0.2) is 0 Å². The van der Waals surface area contributed by atoms with Gasteiger partial charge >= 0.3 is 0 Å². The van der Waals surface area contributed by atoms with Crippen molar-refractivity contribution in [2.75, 3.05) is 45.9 Å². The average Bonchev–Trinajstić information content (AvgIpc) is 3.25. The summed E-state index contributed by atoms with van der Waals surface area (Å²) in [6, 6.07) is 12.3. The highest BCUT2D eigenvalue weighted by molar-refractivity contribution is 5.96. The molecule has 0 unspecified atom stereocenters. The van der Waals surface area contributed by atoms with E-state index < -0.39 is 0 Å². The van der Waals surface area contributed by atoms with Gasteiger partial charge in [0.05, 0.1) is 27.9 Å². The van der Waals surface area contributed by atoms with Crippen LogP contribution >= 0.6 is 0 Å². The quantitative estimate of drug-likeness (QED) is 0.725. The fourth-order valence-corrected chi connectivity index (χ4v) is 4.67. The summed E-state index contributed by atoms with van der Waals surface area (Å²) in [6.45, 7) is 2.12. The molecule has 6 nitrogen and oxygen atoms in total. The van der Waals surface area contributed by atoms with Gasteiger partial charge in [0.1, 0.15) is 5.75 Å². The first kappa shape index (κ1) is 20.5. The first-order chi connectivity index (χ1) is 14.6. The molecule has 0 bridgehead atoms. The maximum atomic E-state index is 13.3. The number of hydrogen-bond donors (Lipinski definition) is 0. The van der Waals surface area contributed by atoms with E-state index in [9.17, 15) is 4.79 Å². The number of benzene rings is 2. The summed E-state index contributed by atoms with van der Waals surface area (Å²) in [5, 5.41) is 0. The Labute approximate surface area is 178 Å². The molecule has 2 aliphatic rings. The highest BCUT2D eigenvalue weighted by atomic mass is 16.5. The minimum atomic E-state index is 0.161. The van der Waals surface area contributed by atoms with E-state index in [-0.39, 0.29) is 11.9 Å². The number of hydrogen-bond acceptors (Lipinski definition) is 5. The Kier molecular flexibility index (Phi) is 6.13. The van der Waals surface area contributed by atoms with Crippen molar-refractivity contribution in [3.8, 4) is 17.2 Å². The third kappa shape index (κ3) is 3.97. The lowest BCUT2D eigenvalue weighted by molar-refractivity contribution is -0.120. The number of rotatable bonds is 6. The van der Waals surface area contributed by atoms with Crippen molar-refractivity contribution >= 4 is 11.6 Å². The number of carbonyl (C=O) groups excluding carboxylic acids is 1. The normalized spacial score (nSPS) is 18.8. The minimum absolute atomic E-state index is 0.161. The summed E-state index contributed by atoms with van der Waals surface area (Å²) < 4.78 is 16.2. The molecule has 1 amide bonds. The molecule has 0 saturated carbocycles. The molecular formula is C24H30N2O4. The molecule has 1 fully saturated rings. The van der Waals surface area contributed by atoms with Crippen LogP contribution < -0.4 is 19.1 Å². The first-order valence-electron chi connectivity index (χ1n) is 10.6. The van der Waals surface area contributed by atoms with Crippen molar-refractivity contribution < 1.29 is 19.0 Å². The molecule has 0 N–H and O–H groups in total. The van der Waals surface area contributed by atoms with E-state index in [1.807, 2.05) is 29.2 Å². The number of carbonyl (C=O) groups is 1. The van der Waals surface area contributed by atoms with E-state index in [1.165, 1.54) is 11.1 Å². The Bertz CT molecular complexity index is 914. The summed E-state index contributed by atoms with van der Waals surface area (Å²) >= 11 is 0. The number of fused-ring (bicyclic) bond motifs is 1. The maximum Gasteiger partial charge on any atom is 0.241 e. The first-order valence-corrected chi connectivity index (χ1v) is 10.6. The van der Waals surface area contributed by atoms with Gasteiger partial charge in [-0.15, -0.1) is 0 Å². The second-order valence-electron chi connectivity index (χ2n) is 7.89. The summed E-state index contributed by atoms with van der Waals surface area (Å²) in [5.41, 5.74) is 3.38. The summed E-state index contributed by atoms with van der Waals surface area (Å²) in [6.07, 6.45) is 4.08. The van der Waals surface area contributed by atoms with Crippen LogP contribution in [-0.4, -0.2) is 51.8 Å². The lowest BCUT2D eigenvalue weighted by Gasteiger charge is -2.32. The second-order valence-corrected chi connectivity index (χ2v) is 7.89. The van der Waals surface area contributed by atoms with Crippen LogP contribution in [0.5, 0.6) is 17.2 Å². The lowest BCUT2D eigenvalue weighted by Crippen LogP contribution is -2.42. The van der Waals surface area contributed by atoms with Crippen LogP contribution in [0.25, 0.3) is 0 Å². The molecule has 30 heavy (non-hydrogen) atoms. The van der Waals surface area contributed by atoms with Gasteiger partial charge in [0.15, 0.2) is 11.5 Å². The molecule has 4 rings (SSSR count). The van der Waals surface area contributed by atoms with Gasteiger partial charge in [0.25, 0.3) is 0 Å². The number of aryl methyl sites for hydroxylation is 1. The lowest BCUT2D eigenvalue weighted by atomic mass is 10.0. The smallest absolute Gasteiger partial charge is 0.241 e. The van der Waals surface area contributed by atoms with Crippen molar-refractivity contribution in [1.82, 2.24) is 4.90 Å². The number of methoxy groups -OCH3 is 3. The van der Waals surface area contributed by atoms with Crippen LogP contribution in [0.15, 0.2) is 36.4 Å². The van der Waals surface area contributed by atoms with Crippen LogP contribution in [0.3, 0.4) is 0 Å². The molecule has 1 saturated heterocycles. The standard InChI is InChI=1S/C24H30N2O4/c1-28-19-9-10-21-17(14-19)6-4-13-26(21)24(27)16-25-12-5-7-20(25)18-8-11-22(29-2)23(15-18)30-3/h8-11,14-15,20H,4-7,12-13,16H2,1-3H3/t20-/m1/s1. The molecule has 2 aromatic carbocycles. The van der Waals surface area contributed by atoms with Crippen molar-refractivity contribution in [3.05, 3.63) is 47.5 Å². The Hall–Kier alpha value is -2.73. The van der Waals surface area contributed by atoms with Crippen molar-refractivity contribution in [2.24, 2.45) is 0 Å². The van der Waals surface area contributed by atoms with Crippen LogP contribution in [0.1, 0.15) is 36.4 Å². The van der Waals surface area contributed by atoms with Gasteiger partial charge in [-0.2, -0.15) is 0 Å². The highest BCUT2D eigenvalue weighted by Crippen LogP contribution is 2.37. The molecule has 2 aromatic rings. The van der Waals surface area contributed by atoms with Crippen LogP contribution in [0, 0.1) is 0 Å². The summed E-state index contributed by atoms with van der Waals surface area (Å²) in [4.78, 5) is 17.5. The molecular weight excluding hydrogens is 380 g/mol. The maximum absolute atomic E-state index is 13.3. The Balaban J connectivity index is 1.51. The zero-order valence-electron chi connectivity index (χ0n) is 18.0. The van der Waals surface area contributed by atoms with Crippen molar-refractivity contribution in [2.45, 2.75) is 31.7 Å². The predicted molar refractivity (Wildman–Crippen MR) is 117 cm³/mol. The third-order valence-corrected chi connectivity index (χ3v) is 6.20. The van der Waals surface area contributed by atoms with E-state index in [0.717, 1.165) is 61.7 Å². The van der Waals surface area contributed by atoms with Crippen molar-refractivity contribution in [1.29, 1.82) is 0 Å². The Morgan fingerprint density at radius 1 is 0.967 bits per heavy atom. The fraction of sp³-hybridized carbons (Fsp3) is 0.458. The van der Waals surface area contributed by atoms with E-state index in [2.05, 4.69) is 17.0 Å². The SMILES string of the molecule is COc1ccc2c(c1)CCCN2C(=O)CN1CCC[C@@H]1c1ccc(OC)c(OC)c1. The molecule has 6 heteroatoms. The van der Waals surface area contributed by atoms with Gasteiger partial charge in [-0.3, -0.25) is 9.69 Å². The number of ether oxygens (including phenoxy) is 3. The average molecular weight is 411 g/mol. The minimum Gasteiger partial charge on any atom is -0.497 e. The summed E-state index contributed by atoms with van der Waals surface area (Å²) in [7, 11) is 4.97. The van der Waals surface area contributed by atoms with E-state index in [0.29, 0.717) is 6.54 Å². The molecule has 0 spiro atoms. The number of nitrogens with zero attached hydrogens (tertiary/aromatic N) is 2.